The summed E-state index contributed by atoms with van der Waals surface area (Å²) in [5.74, 6) is 0.997. The van der Waals surface area contributed by atoms with Crippen LogP contribution in [0.2, 0.25) is 0 Å². The minimum atomic E-state index is -0.237. The number of nitrogens with zero attached hydrogens (tertiary/aromatic N) is 3. The summed E-state index contributed by atoms with van der Waals surface area (Å²) >= 11 is 3.10. The first kappa shape index (κ1) is 14.9. The van der Waals surface area contributed by atoms with E-state index in [4.69, 9.17) is 0 Å². The molecule has 8 heteroatoms. The zero-order chi connectivity index (χ0) is 14.5. The third-order valence-corrected chi connectivity index (χ3v) is 4.57. The van der Waals surface area contributed by atoms with Crippen molar-refractivity contribution in [1.82, 2.24) is 20.5 Å². The second-order valence-electron chi connectivity index (χ2n) is 4.57. The van der Waals surface area contributed by atoms with Crippen LogP contribution in [0, 0.1) is 6.92 Å². The molecule has 2 rings (SSSR count). The van der Waals surface area contributed by atoms with Crippen LogP contribution in [0.5, 0.6) is 0 Å². The van der Waals surface area contributed by atoms with E-state index in [0.717, 1.165) is 14.9 Å². The van der Waals surface area contributed by atoms with Crippen LogP contribution in [0.25, 0.3) is 0 Å². The van der Waals surface area contributed by atoms with Crippen LogP contribution in [0.1, 0.15) is 34.7 Å². The molecule has 0 aliphatic rings. The van der Waals surface area contributed by atoms with Crippen molar-refractivity contribution in [3.05, 3.63) is 20.4 Å². The van der Waals surface area contributed by atoms with Crippen LogP contribution in [-0.4, -0.2) is 27.8 Å². The van der Waals surface area contributed by atoms with Gasteiger partial charge in [-0.05, 0) is 12.8 Å². The minimum absolute atomic E-state index is 0.237. The van der Waals surface area contributed by atoms with Crippen molar-refractivity contribution < 1.29 is 4.79 Å². The molecule has 2 N–H and O–H groups in total. The van der Waals surface area contributed by atoms with Gasteiger partial charge in [-0.2, -0.15) is 0 Å². The number of nitrogens with one attached hydrogen (secondary N) is 2. The van der Waals surface area contributed by atoms with Crippen LogP contribution in [0.4, 0.5) is 10.6 Å². The maximum Gasteiger partial charge on any atom is 0.320 e. The Hall–Kier alpha value is -1.54. The third-order valence-electron chi connectivity index (χ3n) is 2.54. The zero-order valence-electron chi connectivity index (χ0n) is 11.6. The molecule has 0 radical (unpaired) electrons. The fourth-order valence-corrected chi connectivity index (χ4v) is 3.10. The van der Waals surface area contributed by atoms with Gasteiger partial charge < -0.3 is 5.32 Å². The third kappa shape index (κ3) is 3.97. The van der Waals surface area contributed by atoms with Crippen molar-refractivity contribution in [1.29, 1.82) is 0 Å². The molecule has 2 aromatic rings. The topological polar surface area (TPSA) is 79.8 Å². The van der Waals surface area contributed by atoms with Gasteiger partial charge in [0.05, 0.1) is 10.4 Å². The van der Waals surface area contributed by atoms with Gasteiger partial charge in [-0.15, -0.1) is 32.9 Å². The molecule has 2 heterocycles. The fourth-order valence-electron chi connectivity index (χ4n) is 1.63. The Kier molecular flexibility index (Phi) is 5.02. The lowest BCUT2D eigenvalue weighted by atomic mass is 10.2. The van der Waals surface area contributed by atoms with E-state index in [9.17, 15) is 4.79 Å². The van der Waals surface area contributed by atoms with E-state index in [-0.39, 0.29) is 6.03 Å². The molecule has 0 aromatic carbocycles. The van der Waals surface area contributed by atoms with Crippen molar-refractivity contribution in [3.8, 4) is 0 Å². The number of carbonyl (C=O) groups is 1. The second-order valence-corrected chi connectivity index (χ2v) is 6.72. The van der Waals surface area contributed by atoms with Gasteiger partial charge in [-0.1, -0.05) is 13.8 Å². The van der Waals surface area contributed by atoms with Crippen molar-refractivity contribution in [3.63, 3.8) is 0 Å². The molecule has 0 saturated heterocycles. The first-order valence-corrected chi connectivity index (χ1v) is 8.03. The van der Waals surface area contributed by atoms with Crippen molar-refractivity contribution in [2.75, 3.05) is 11.9 Å². The molecule has 0 fully saturated rings. The van der Waals surface area contributed by atoms with Crippen LogP contribution in [0.3, 0.4) is 0 Å². The Morgan fingerprint density at radius 2 is 2.20 bits per heavy atom. The Labute approximate surface area is 125 Å². The molecule has 0 atom stereocenters. The minimum Gasteiger partial charge on any atom is -0.337 e. The molecule has 0 bridgehead atoms. The summed E-state index contributed by atoms with van der Waals surface area (Å²) in [5, 5.41) is 15.4. The monoisotopic (exact) mass is 311 g/mol. The van der Waals surface area contributed by atoms with Crippen LogP contribution >= 0.6 is 22.7 Å². The number of thiazole rings is 1. The molecular formula is C12H17N5OS2. The molecule has 6 nitrogen and oxygen atoms in total. The highest BCUT2D eigenvalue weighted by Crippen LogP contribution is 2.26. The Morgan fingerprint density at radius 3 is 2.85 bits per heavy atom. The van der Waals surface area contributed by atoms with Gasteiger partial charge >= 0.3 is 6.03 Å². The van der Waals surface area contributed by atoms with Crippen LogP contribution < -0.4 is 10.6 Å². The molecular weight excluding hydrogens is 294 g/mol. The van der Waals surface area contributed by atoms with Crippen molar-refractivity contribution in [2.45, 2.75) is 33.1 Å². The van der Waals surface area contributed by atoms with E-state index in [1.165, 1.54) is 0 Å². The Morgan fingerprint density at radius 1 is 1.40 bits per heavy atom. The average Bonchev–Trinajstić information content (AvgIpc) is 2.98. The predicted octanol–water partition coefficient (Wildman–Crippen LogP) is 2.79. The lowest BCUT2D eigenvalue weighted by molar-refractivity contribution is 0.252. The van der Waals surface area contributed by atoms with Gasteiger partial charge in [-0.25, -0.2) is 9.78 Å². The first-order valence-electron chi connectivity index (χ1n) is 6.33. The molecule has 0 aliphatic heterocycles. The molecule has 20 heavy (non-hydrogen) atoms. The predicted molar refractivity (Wildman–Crippen MR) is 81.6 cm³/mol. The van der Waals surface area contributed by atoms with Gasteiger partial charge in [0.25, 0.3) is 0 Å². The summed E-state index contributed by atoms with van der Waals surface area (Å²) in [6.07, 6.45) is 0.688. The number of urea groups is 1. The maximum atomic E-state index is 11.8. The summed E-state index contributed by atoms with van der Waals surface area (Å²) < 4.78 is 0. The van der Waals surface area contributed by atoms with Gasteiger partial charge in [0.2, 0.25) is 0 Å². The van der Waals surface area contributed by atoms with E-state index in [0.29, 0.717) is 24.7 Å². The zero-order valence-corrected chi connectivity index (χ0v) is 13.3. The van der Waals surface area contributed by atoms with Gasteiger partial charge in [-0.3, -0.25) is 5.32 Å². The molecule has 0 saturated carbocycles. The molecule has 0 spiro atoms. The van der Waals surface area contributed by atoms with Crippen LogP contribution in [-0.2, 0) is 6.42 Å². The number of carbonyl (C=O) groups excluding carboxylic acids is 1. The second kappa shape index (κ2) is 6.76. The standard InChI is InChI=1S/C12H17N5OS2/c1-7(2)10-11(14-6-19-10)15-12(18)13-5-4-9-17-16-8(3)20-9/h6-7H,4-5H2,1-3H3,(H2,13,15,18). The van der Waals surface area contributed by atoms with E-state index in [1.807, 2.05) is 6.92 Å². The molecule has 108 valence electrons. The SMILES string of the molecule is Cc1nnc(CCNC(=O)Nc2ncsc2C(C)C)s1. The molecule has 2 aromatic heterocycles. The number of anilines is 1. The van der Waals surface area contributed by atoms with Gasteiger partial charge in [0.1, 0.15) is 15.8 Å². The summed E-state index contributed by atoms with van der Waals surface area (Å²) in [6.45, 7) is 6.60. The highest BCUT2D eigenvalue weighted by molar-refractivity contribution is 7.11. The van der Waals surface area contributed by atoms with Gasteiger partial charge in [0.15, 0.2) is 0 Å². The highest BCUT2D eigenvalue weighted by atomic mass is 32.1. The summed E-state index contributed by atoms with van der Waals surface area (Å²) in [6, 6.07) is -0.237. The van der Waals surface area contributed by atoms with Gasteiger partial charge in [0, 0.05) is 13.0 Å². The quantitative estimate of drug-likeness (QED) is 0.890. The number of hydrogen-bond acceptors (Lipinski definition) is 6. The number of aryl methyl sites for hydroxylation is 1. The lowest BCUT2D eigenvalue weighted by Gasteiger charge is -2.08. The Bertz CT molecular complexity index is 578. The number of hydrogen-bond donors (Lipinski definition) is 2. The fraction of sp³-hybridized carbons (Fsp3) is 0.500. The van der Waals surface area contributed by atoms with E-state index in [1.54, 1.807) is 28.2 Å². The lowest BCUT2D eigenvalue weighted by Crippen LogP contribution is -2.30. The highest BCUT2D eigenvalue weighted by Gasteiger charge is 2.12. The molecule has 0 aliphatic carbocycles. The smallest absolute Gasteiger partial charge is 0.320 e. The van der Waals surface area contributed by atoms with E-state index in [2.05, 4.69) is 39.7 Å². The average molecular weight is 311 g/mol. The van der Waals surface area contributed by atoms with Crippen molar-refractivity contribution >= 4 is 34.5 Å². The summed E-state index contributed by atoms with van der Waals surface area (Å²) in [5.41, 5.74) is 1.75. The Balaban J connectivity index is 1.79. The summed E-state index contributed by atoms with van der Waals surface area (Å²) in [7, 11) is 0. The summed E-state index contributed by atoms with van der Waals surface area (Å²) in [4.78, 5) is 17.0. The number of aromatic nitrogens is 3. The maximum absolute atomic E-state index is 11.8. The molecule has 2 amide bonds. The molecule has 0 unspecified atom stereocenters. The van der Waals surface area contributed by atoms with E-state index >= 15 is 0 Å². The van der Waals surface area contributed by atoms with Crippen LogP contribution in [0.15, 0.2) is 5.51 Å². The number of rotatable bonds is 5. The largest absolute Gasteiger partial charge is 0.337 e. The number of amides is 2. The normalized spacial score (nSPS) is 10.8. The first-order chi connectivity index (χ1) is 9.56. The van der Waals surface area contributed by atoms with E-state index < -0.39 is 0 Å². The van der Waals surface area contributed by atoms with Crippen molar-refractivity contribution in [2.24, 2.45) is 0 Å².